The molecule has 1 amide bonds. The number of rotatable bonds is 5. The smallest absolute Gasteiger partial charge is 0.254 e. The number of hydrogen-bond acceptors (Lipinski definition) is 2. The average Bonchev–Trinajstić information content (AvgIpc) is 2.50. The van der Waals surface area contributed by atoms with E-state index < -0.39 is 0 Å². The molecule has 0 aliphatic rings. The summed E-state index contributed by atoms with van der Waals surface area (Å²) in [7, 11) is 0. The third-order valence-corrected chi connectivity index (χ3v) is 3.68. The van der Waals surface area contributed by atoms with Crippen LogP contribution in [0.2, 0.25) is 0 Å². The van der Waals surface area contributed by atoms with Gasteiger partial charge in [0.05, 0.1) is 0 Å². The lowest BCUT2D eigenvalue weighted by molar-refractivity contribution is 0.0740. The molecule has 0 bridgehead atoms. The number of carbonyl (C=O) groups is 1. The summed E-state index contributed by atoms with van der Waals surface area (Å²) in [6.07, 6.45) is 1.06. The standard InChI is InChI=1S/C18H25NO2/c1-5-14(3)13-19(6-2)18(21)17-12-16(8-7-11-20)10-9-15(17)4/h9-10,12,14,20H,5-6,11,13H2,1-4H3. The summed E-state index contributed by atoms with van der Waals surface area (Å²) in [5.74, 6) is 6.02. The highest BCUT2D eigenvalue weighted by Gasteiger charge is 2.18. The van der Waals surface area contributed by atoms with Crippen molar-refractivity contribution in [1.29, 1.82) is 0 Å². The molecule has 0 fully saturated rings. The van der Waals surface area contributed by atoms with Crippen LogP contribution in [0, 0.1) is 24.7 Å². The SMILES string of the molecule is CCC(C)CN(CC)C(=O)c1cc(C#CCO)ccc1C. The zero-order valence-electron chi connectivity index (χ0n) is 13.4. The van der Waals surface area contributed by atoms with Gasteiger partial charge in [-0.1, -0.05) is 38.2 Å². The molecule has 1 atom stereocenters. The fourth-order valence-corrected chi connectivity index (χ4v) is 2.10. The minimum absolute atomic E-state index is 0.0583. The Bertz CT molecular complexity index is 540. The molecule has 21 heavy (non-hydrogen) atoms. The Labute approximate surface area is 128 Å². The Hall–Kier alpha value is -1.79. The predicted octanol–water partition coefficient (Wildman–Crippen LogP) is 2.85. The highest BCUT2D eigenvalue weighted by atomic mass is 16.2. The maximum atomic E-state index is 12.7. The maximum absolute atomic E-state index is 12.7. The van der Waals surface area contributed by atoms with Crippen LogP contribution in [0.4, 0.5) is 0 Å². The number of hydrogen-bond donors (Lipinski definition) is 1. The lowest BCUT2D eigenvalue weighted by Gasteiger charge is -2.25. The van der Waals surface area contributed by atoms with Gasteiger partial charge in [-0.05, 0) is 37.5 Å². The van der Waals surface area contributed by atoms with Gasteiger partial charge in [-0.15, -0.1) is 0 Å². The second kappa shape index (κ2) is 8.49. The van der Waals surface area contributed by atoms with Crippen molar-refractivity contribution in [3.8, 4) is 11.8 Å². The molecule has 3 heteroatoms. The Morgan fingerprint density at radius 3 is 2.67 bits per heavy atom. The van der Waals surface area contributed by atoms with Gasteiger partial charge in [-0.2, -0.15) is 0 Å². The molecule has 0 aliphatic heterocycles. The Morgan fingerprint density at radius 1 is 1.38 bits per heavy atom. The molecule has 0 radical (unpaired) electrons. The van der Waals surface area contributed by atoms with Crippen molar-refractivity contribution in [1.82, 2.24) is 4.90 Å². The van der Waals surface area contributed by atoms with Gasteiger partial charge in [-0.3, -0.25) is 4.79 Å². The Kier molecular flexibility index (Phi) is 6.98. The third-order valence-electron chi connectivity index (χ3n) is 3.68. The van der Waals surface area contributed by atoms with E-state index in [4.69, 9.17) is 5.11 Å². The Balaban J connectivity index is 3.03. The molecule has 0 saturated carbocycles. The molecule has 0 heterocycles. The molecule has 1 rings (SSSR count). The van der Waals surface area contributed by atoms with Gasteiger partial charge < -0.3 is 10.0 Å². The van der Waals surface area contributed by atoms with E-state index in [1.54, 1.807) is 0 Å². The lowest BCUT2D eigenvalue weighted by atomic mass is 10.0. The van der Waals surface area contributed by atoms with Crippen LogP contribution in [0.25, 0.3) is 0 Å². The second-order valence-electron chi connectivity index (χ2n) is 5.35. The number of nitrogens with zero attached hydrogens (tertiary/aromatic N) is 1. The molecule has 1 aromatic rings. The minimum Gasteiger partial charge on any atom is -0.384 e. The summed E-state index contributed by atoms with van der Waals surface area (Å²) in [6.45, 7) is 9.54. The van der Waals surface area contributed by atoms with Crippen molar-refractivity contribution in [3.05, 3.63) is 34.9 Å². The summed E-state index contributed by atoms with van der Waals surface area (Å²) in [4.78, 5) is 14.6. The molecule has 0 aliphatic carbocycles. The highest BCUT2D eigenvalue weighted by Crippen LogP contribution is 2.15. The summed E-state index contributed by atoms with van der Waals surface area (Å²) < 4.78 is 0. The van der Waals surface area contributed by atoms with Crippen LogP contribution in [0.15, 0.2) is 18.2 Å². The first-order valence-corrected chi connectivity index (χ1v) is 7.53. The number of carbonyl (C=O) groups excluding carboxylic acids is 1. The largest absolute Gasteiger partial charge is 0.384 e. The zero-order valence-corrected chi connectivity index (χ0v) is 13.4. The van der Waals surface area contributed by atoms with E-state index in [9.17, 15) is 4.79 Å². The topological polar surface area (TPSA) is 40.5 Å². The van der Waals surface area contributed by atoms with E-state index in [0.29, 0.717) is 18.0 Å². The van der Waals surface area contributed by atoms with Crippen molar-refractivity contribution in [3.63, 3.8) is 0 Å². The van der Waals surface area contributed by atoms with E-state index >= 15 is 0 Å². The molecular weight excluding hydrogens is 262 g/mol. The number of aliphatic hydroxyl groups is 1. The average molecular weight is 287 g/mol. The van der Waals surface area contributed by atoms with Gasteiger partial charge in [0.25, 0.3) is 5.91 Å². The number of amides is 1. The van der Waals surface area contributed by atoms with Crippen molar-refractivity contribution < 1.29 is 9.90 Å². The molecular formula is C18H25NO2. The number of benzene rings is 1. The van der Waals surface area contributed by atoms with Crippen LogP contribution >= 0.6 is 0 Å². The van der Waals surface area contributed by atoms with Gasteiger partial charge in [-0.25, -0.2) is 0 Å². The van der Waals surface area contributed by atoms with Gasteiger partial charge in [0.1, 0.15) is 6.61 Å². The van der Waals surface area contributed by atoms with Crippen LogP contribution < -0.4 is 0 Å². The van der Waals surface area contributed by atoms with Crippen molar-refractivity contribution in [2.24, 2.45) is 5.92 Å². The van der Waals surface area contributed by atoms with Crippen LogP contribution in [0.5, 0.6) is 0 Å². The quantitative estimate of drug-likeness (QED) is 0.846. The molecule has 0 spiro atoms. The molecule has 0 saturated heterocycles. The lowest BCUT2D eigenvalue weighted by Crippen LogP contribution is -2.35. The molecule has 1 aromatic carbocycles. The zero-order chi connectivity index (χ0) is 15.8. The van der Waals surface area contributed by atoms with Gasteiger partial charge in [0, 0.05) is 24.2 Å². The molecule has 1 unspecified atom stereocenters. The fraction of sp³-hybridized carbons (Fsp3) is 0.500. The summed E-state index contributed by atoms with van der Waals surface area (Å²) in [6, 6.07) is 5.60. The molecule has 0 aromatic heterocycles. The van der Waals surface area contributed by atoms with E-state index in [-0.39, 0.29) is 12.5 Å². The monoisotopic (exact) mass is 287 g/mol. The van der Waals surface area contributed by atoms with E-state index in [1.807, 2.05) is 36.9 Å². The molecule has 3 nitrogen and oxygen atoms in total. The van der Waals surface area contributed by atoms with Crippen molar-refractivity contribution in [2.75, 3.05) is 19.7 Å². The van der Waals surface area contributed by atoms with Crippen LogP contribution in [-0.2, 0) is 0 Å². The predicted molar refractivity (Wildman–Crippen MR) is 86.2 cm³/mol. The first-order chi connectivity index (χ1) is 10.0. The van der Waals surface area contributed by atoms with E-state index in [1.165, 1.54) is 0 Å². The van der Waals surface area contributed by atoms with Crippen LogP contribution in [0.1, 0.15) is 48.7 Å². The first-order valence-electron chi connectivity index (χ1n) is 7.53. The summed E-state index contributed by atoms with van der Waals surface area (Å²) >= 11 is 0. The van der Waals surface area contributed by atoms with Gasteiger partial charge in [0.15, 0.2) is 0 Å². The van der Waals surface area contributed by atoms with Crippen molar-refractivity contribution in [2.45, 2.75) is 34.1 Å². The van der Waals surface area contributed by atoms with Crippen LogP contribution in [0.3, 0.4) is 0 Å². The normalized spacial score (nSPS) is 11.5. The van der Waals surface area contributed by atoms with Crippen molar-refractivity contribution >= 4 is 5.91 Å². The fourth-order valence-electron chi connectivity index (χ4n) is 2.10. The second-order valence-corrected chi connectivity index (χ2v) is 5.35. The summed E-state index contributed by atoms with van der Waals surface area (Å²) in [5, 5.41) is 8.76. The number of aryl methyl sites for hydroxylation is 1. The van der Waals surface area contributed by atoms with Gasteiger partial charge in [0.2, 0.25) is 0 Å². The third kappa shape index (κ3) is 4.91. The molecule has 114 valence electrons. The first kappa shape index (κ1) is 17.3. The summed E-state index contributed by atoms with van der Waals surface area (Å²) in [5.41, 5.74) is 2.42. The molecule has 1 N–H and O–H groups in total. The Morgan fingerprint density at radius 2 is 2.10 bits per heavy atom. The highest BCUT2D eigenvalue weighted by molar-refractivity contribution is 5.96. The maximum Gasteiger partial charge on any atom is 0.254 e. The van der Waals surface area contributed by atoms with Gasteiger partial charge >= 0.3 is 0 Å². The van der Waals surface area contributed by atoms with Crippen LogP contribution in [-0.4, -0.2) is 35.6 Å². The van der Waals surface area contributed by atoms with E-state index in [0.717, 1.165) is 24.1 Å². The number of aliphatic hydroxyl groups excluding tert-OH is 1. The van der Waals surface area contributed by atoms with E-state index in [2.05, 4.69) is 25.7 Å². The minimum atomic E-state index is -0.174.